The predicted octanol–water partition coefficient (Wildman–Crippen LogP) is 4.86. The second-order valence-electron chi connectivity index (χ2n) is 9.97. The molecule has 1 amide bonds. The third kappa shape index (κ3) is 3.76. The summed E-state index contributed by atoms with van der Waals surface area (Å²) >= 11 is 0. The largest absolute Gasteiger partial charge is 0.444 e. The van der Waals surface area contributed by atoms with Crippen molar-refractivity contribution < 1.29 is 19.1 Å². The topological polar surface area (TPSA) is 55.8 Å². The summed E-state index contributed by atoms with van der Waals surface area (Å²) in [5.74, 6) is 0.0823. The fourth-order valence-corrected chi connectivity index (χ4v) is 5.28. The number of hydrogen-bond donors (Lipinski definition) is 0. The average molecular weight is 420 g/mol. The molecule has 2 aliphatic heterocycles. The standard InChI is InChI=1S/C26H29NO4/c1-26(2,3)31-25(29)27-20-12-19(13-21(27)15-30-14-20)24(28)17-8-9-23-18(11-17)10-16-6-4-5-7-22(16)23/h4-9,11,19-21H,10,12-15H2,1-3H3. The number of hydrogen-bond acceptors (Lipinski definition) is 4. The number of piperidine rings is 1. The van der Waals surface area contributed by atoms with E-state index in [4.69, 9.17) is 9.47 Å². The van der Waals surface area contributed by atoms with Gasteiger partial charge in [0, 0.05) is 11.5 Å². The summed E-state index contributed by atoms with van der Waals surface area (Å²) in [5, 5.41) is 0. The van der Waals surface area contributed by atoms with E-state index in [0.717, 1.165) is 12.0 Å². The summed E-state index contributed by atoms with van der Waals surface area (Å²) in [6.07, 6.45) is 1.81. The molecule has 2 heterocycles. The van der Waals surface area contributed by atoms with Gasteiger partial charge in [0.15, 0.2) is 5.78 Å². The smallest absolute Gasteiger partial charge is 0.410 e. The Morgan fingerprint density at radius 3 is 2.35 bits per heavy atom. The zero-order valence-electron chi connectivity index (χ0n) is 18.4. The number of amides is 1. The minimum Gasteiger partial charge on any atom is -0.444 e. The van der Waals surface area contributed by atoms with Gasteiger partial charge in [-0.25, -0.2) is 4.79 Å². The summed E-state index contributed by atoms with van der Waals surface area (Å²) in [6.45, 7) is 6.54. The summed E-state index contributed by atoms with van der Waals surface area (Å²) in [5.41, 5.74) is 5.29. The van der Waals surface area contributed by atoms with Crippen LogP contribution in [0.15, 0.2) is 42.5 Å². The van der Waals surface area contributed by atoms with E-state index in [1.165, 1.54) is 22.3 Å². The first-order valence-corrected chi connectivity index (χ1v) is 11.1. The van der Waals surface area contributed by atoms with E-state index >= 15 is 0 Å². The summed E-state index contributed by atoms with van der Waals surface area (Å²) < 4.78 is 11.3. The molecule has 31 heavy (non-hydrogen) atoms. The van der Waals surface area contributed by atoms with E-state index in [1.807, 2.05) is 31.7 Å². The van der Waals surface area contributed by atoms with Crippen LogP contribution >= 0.6 is 0 Å². The lowest BCUT2D eigenvalue weighted by atomic mass is 9.80. The molecule has 5 nitrogen and oxygen atoms in total. The first kappa shape index (κ1) is 20.3. The predicted molar refractivity (Wildman–Crippen MR) is 118 cm³/mol. The van der Waals surface area contributed by atoms with Crippen LogP contribution in [0.2, 0.25) is 0 Å². The second-order valence-corrected chi connectivity index (χ2v) is 9.97. The van der Waals surface area contributed by atoms with Crippen LogP contribution in [0.25, 0.3) is 11.1 Å². The highest BCUT2D eigenvalue weighted by Crippen LogP contribution is 2.39. The van der Waals surface area contributed by atoms with Gasteiger partial charge in [0.2, 0.25) is 0 Å². The van der Waals surface area contributed by atoms with Gasteiger partial charge in [0.25, 0.3) is 0 Å². The molecule has 2 saturated heterocycles. The van der Waals surface area contributed by atoms with Crippen molar-refractivity contribution in [3.05, 3.63) is 59.2 Å². The molecule has 3 aliphatic rings. The summed E-state index contributed by atoms with van der Waals surface area (Å²) in [4.78, 5) is 28.0. The van der Waals surface area contributed by atoms with Gasteiger partial charge in [-0.05, 0) is 68.4 Å². The van der Waals surface area contributed by atoms with Crippen LogP contribution in [0.4, 0.5) is 4.79 Å². The van der Waals surface area contributed by atoms with Gasteiger partial charge in [0.1, 0.15) is 5.60 Å². The highest BCUT2D eigenvalue weighted by molar-refractivity contribution is 5.99. The lowest BCUT2D eigenvalue weighted by Gasteiger charge is -2.47. The molecule has 0 saturated carbocycles. The van der Waals surface area contributed by atoms with E-state index in [2.05, 4.69) is 36.4 Å². The monoisotopic (exact) mass is 419 g/mol. The van der Waals surface area contributed by atoms with Crippen molar-refractivity contribution in [2.75, 3.05) is 13.2 Å². The molecule has 2 unspecified atom stereocenters. The fraction of sp³-hybridized carbons (Fsp3) is 0.462. The highest BCUT2D eigenvalue weighted by atomic mass is 16.6. The molecule has 0 spiro atoms. The molecule has 2 fully saturated rings. The maximum absolute atomic E-state index is 13.4. The highest BCUT2D eigenvalue weighted by Gasteiger charge is 2.45. The molecule has 2 bridgehead atoms. The lowest BCUT2D eigenvalue weighted by Crippen LogP contribution is -2.60. The Kier molecular flexibility index (Phi) is 4.89. The summed E-state index contributed by atoms with van der Waals surface area (Å²) in [6, 6.07) is 14.3. The number of rotatable bonds is 2. The van der Waals surface area contributed by atoms with Gasteiger partial charge in [-0.1, -0.05) is 36.4 Å². The number of ether oxygens (including phenoxy) is 2. The van der Waals surface area contributed by atoms with Crippen LogP contribution in [0.3, 0.4) is 0 Å². The fourth-order valence-electron chi connectivity index (χ4n) is 5.28. The van der Waals surface area contributed by atoms with E-state index in [9.17, 15) is 9.59 Å². The number of ketones is 1. The molecular weight excluding hydrogens is 390 g/mol. The van der Waals surface area contributed by atoms with Crippen molar-refractivity contribution in [3.63, 3.8) is 0 Å². The van der Waals surface area contributed by atoms with E-state index in [-0.39, 0.29) is 29.9 Å². The maximum Gasteiger partial charge on any atom is 0.410 e. The van der Waals surface area contributed by atoms with Crippen molar-refractivity contribution in [1.82, 2.24) is 4.90 Å². The number of fused-ring (bicyclic) bond motifs is 5. The van der Waals surface area contributed by atoms with Gasteiger partial charge in [-0.2, -0.15) is 0 Å². The van der Waals surface area contributed by atoms with Crippen LogP contribution < -0.4 is 0 Å². The molecule has 2 aromatic carbocycles. The molecule has 1 aliphatic carbocycles. The number of morpholine rings is 1. The van der Waals surface area contributed by atoms with E-state index in [0.29, 0.717) is 26.1 Å². The van der Waals surface area contributed by atoms with Crippen molar-refractivity contribution >= 4 is 11.9 Å². The number of carbonyl (C=O) groups excluding carboxylic acids is 2. The molecule has 2 aromatic rings. The quantitative estimate of drug-likeness (QED) is 0.557. The third-order valence-electron chi connectivity index (χ3n) is 6.57. The number of benzene rings is 2. The lowest BCUT2D eigenvalue weighted by molar-refractivity contribution is -0.0861. The zero-order chi connectivity index (χ0) is 21.8. The average Bonchev–Trinajstić information content (AvgIpc) is 3.08. The van der Waals surface area contributed by atoms with Gasteiger partial charge >= 0.3 is 6.09 Å². The van der Waals surface area contributed by atoms with E-state index in [1.54, 1.807) is 0 Å². The minimum atomic E-state index is -0.541. The van der Waals surface area contributed by atoms with Gasteiger partial charge in [0.05, 0.1) is 25.3 Å². The van der Waals surface area contributed by atoms with Crippen LogP contribution in [0, 0.1) is 5.92 Å². The zero-order valence-corrected chi connectivity index (χ0v) is 18.4. The Morgan fingerprint density at radius 1 is 0.968 bits per heavy atom. The van der Waals surface area contributed by atoms with Crippen molar-refractivity contribution in [3.8, 4) is 11.1 Å². The van der Waals surface area contributed by atoms with Crippen molar-refractivity contribution in [1.29, 1.82) is 0 Å². The first-order valence-electron chi connectivity index (χ1n) is 11.1. The van der Waals surface area contributed by atoms with E-state index < -0.39 is 5.60 Å². The van der Waals surface area contributed by atoms with Crippen LogP contribution in [-0.4, -0.2) is 47.7 Å². The Hall–Kier alpha value is -2.66. The van der Waals surface area contributed by atoms with Crippen molar-refractivity contribution in [2.24, 2.45) is 5.92 Å². The van der Waals surface area contributed by atoms with Crippen LogP contribution in [-0.2, 0) is 15.9 Å². The van der Waals surface area contributed by atoms with Gasteiger partial charge in [-0.3, -0.25) is 9.69 Å². The molecule has 2 atom stereocenters. The van der Waals surface area contributed by atoms with Crippen LogP contribution in [0.5, 0.6) is 0 Å². The number of Topliss-reactive ketones (excluding diaryl/α,β-unsaturated/α-hetero) is 1. The Labute approximate surface area is 183 Å². The molecule has 5 heteroatoms. The Balaban J connectivity index is 1.34. The summed E-state index contributed by atoms with van der Waals surface area (Å²) in [7, 11) is 0. The molecule has 0 N–H and O–H groups in total. The number of nitrogens with zero attached hydrogens (tertiary/aromatic N) is 1. The third-order valence-corrected chi connectivity index (χ3v) is 6.57. The molecule has 5 rings (SSSR count). The number of carbonyl (C=O) groups is 2. The Bertz CT molecular complexity index is 1020. The first-order chi connectivity index (χ1) is 14.8. The van der Waals surface area contributed by atoms with Gasteiger partial charge < -0.3 is 9.47 Å². The SMILES string of the molecule is CC(C)(C)OC(=O)N1C2COCC1CC(C(=O)c1ccc3c(c1)Cc1ccccc1-3)C2. The molecule has 162 valence electrons. The van der Waals surface area contributed by atoms with Crippen LogP contribution in [0.1, 0.15) is 55.1 Å². The second kappa shape index (κ2) is 7.49. The normalized spacial score (nSPS) is 24.4. The molecule has 0 aromatic heterocycles. The Morgan fingerprint density at radius 2 is 1.65 bits per heavy atom. The minimum absolute atomic E-state index is 0.0978. The molecule has 0 radical (unpaired) electrons. The van der Waals surface area contributed by atoms with Gasteiger partial charge in [-0.15, -0.1) is 0 Å². The van der Waals surface area contributed by atoms with Crippen molar-refractivity contribution in [2.45, 2.75) is 57.7 Å². The maximum atomic E-state index is 13.4. The molecular formula is C26H29NO4.